The fraction of sp³-hybridized carbons (Fsp3) is 0.0909. The van der Waals surface area contributed by atoms with Gasteiger partial charge in [-0.2, -0.15) is 0 Å². The van der Waals surface area contributed by atoms with Crippen molar-refractivity contribution >= 4 is 5.91 Å². The number of carbonyl (C=O) groups is 1. The maximum Gasteiger partial charge on any atom is 0.270 e. The van der Waals surface area contributed by atoms with Crippen LogP contribution in [0.1, 0.15) is 10.5 Å². The molecule has 0 aliphatic rings. The molecule has 1 heterocycles. The number of aromatic nitrogens is 1. The van der Waals surface area contributed by atoms with Crippen LogP contribution in [0.4, 0.5) is 0 Å². The van der Waals surface area contributed by atoms with E-state index in [0.29, 0.717) is 11.5 Å². The molecule has 1 amide bonds. The molecule has 0 atom stereocenters. The summed E-state index contributed by atoms with van der Waals surface area (Å²) >= 11 is 0. The molecular formula is C11H10N2O3. The smallest absolute Gasteiger partial charge is 0.270 e. The average molecular weight is 218 g/mol. The van der Waals surface area contributed by atoms with E-state index in [4.69, 9.17) is 15.0 Å². The zero-order valence-corrected chi connectivity index (χ0v) is 8.64. The third-order valence-electron chi connectivity index (χ3n) is 2.14. The van der Waals surface area contributed by atoms with Crippen molar-refractivity contribution in [1.82, 2.24) is 5.16 Å². The Bertz CT molecular complexity index is 519. The second-order valence-corrected chi connectivity index (χ2v) is 3.14. The van der Waals surface area contributed by atoms with Crippen LogP contribution in [-0.4, -0.2) is 18.2 Å². The summed E-state index contributed by atoms with van der Waals surface area (Å²) < 4.78 is 10.2. The van der Waals surface area contributed by atoms with E-state index in [2.05, 4.69) is 5.16 Å². The van der Waals surface area contributed by atoms with Crippen molar-refractivity contribution in [3.63, 3.8) is 0 Å². The first-order valence-electron chi connectivity index (χ1n) is 4.62. The summed E-state index contributed by atoms with van der Waals surface area (Å²) in [5.41, 5.74) is 5.91. The number of para-hydroxylation sites is 1. The van der Waals surface area contributed by atoms with E-state index in [-0.39, 0.29) is 5.69 Å². The molecule has 0 unspecified atom stereocenters. The number of primary amides is 1. The van der Waals surface area contributed by atoms with Crippen molar-refractivity contribution in [2.45, 2.75) is 0 Å². The number of rotatable bonds is 3. The van der Waals surface area contributed by atoms with Crippen LogP contribution in [0.25, 0.3) is 11.3 Å². The lowest BCUT2D eigenvalue weighted by Gasteiger charge is -2.03. The van der Waals surface area contributed by atoms with Crippen LogP contribution >= 0.6 is 0 Å². The minimum absolute atomic E-state index is 0.0981. The van der Waals surface area contributed by atoms with Gasteiger partial charge >= 0.3 is 0 Å². The molecule has 2 N–H and O–H groups in total. The third kappa shape index (κ3) is 1.75. The summed E-state index contributed by atoms with van der Waals surface area (Å²) in [4.78, 5) is 10.9. The molecule has 0 saturated heterocycles. The van der Waals surface area contributed by atoms with Crippen molar-refractivity contribution in [1.29, 1.82) is 0 Å². The Balaban J connectivity index is 2.46. The topological polar surface area (TPSA) is 78.4 Å². The van der Waals surface area contributed by atoms with Gasteiger partial charge in [-0.15, -0.1) is 0 Å². The summed E-state index contributed by atoms with van der Waals surface area (Å²) in [6.07, 6.45) is 0. The van der Waals surface area contributed by atoms with Crippen molar-refractivity contribution in [2.75, 3.05) is 7.11 Å². The summed E-state index contributed by atoms with van der Waals surface area (Å²) in [5.74, 6) is 0.478. The summed E-state index contributed by atoms with van der Waals surface area (Å²) in [6, 6.07) is 8.77. The van der Waals surface area contributed by atoms with E-state index in [1.165, 1.54) is 6.07 Å². The molecule has 0 bridgehead atoms. The number of hydrogen-bond donors (Lipinski definition) is 1. The van der Waals surface area contributed by atoms with E-state index in [0.717, 1.165) is 5.56 Å². The molecule has 5 nitrogen and oxygen atoms in total. The highest BCUT2D eigenvalue weighted by Gasteiger charge is 2.13. The third-order valence-corrected chi connectivity index (χ3v) is 2.14. The highest BCUT2D eigenvalue weighted by Crippen LogP contribution is 2.29. The quantitative estimate of drug-likeness (QED) is 0.845. The van der Waals surface area contributed by atoms with Gasteiger partial charge in [0.15, 0.2) is 11.5 Å². The molecule has 0 aliphatic carbocycles. The first-order chi connectivity index (χ1) is 7.72. The maximum atomic E-state index is 10.9. The second-order valence-electron chi connectivity index (χ2n) is 3.14. The Morgan fingerprint density at radius 2 is 2.19 bits per heavy atom. The summed E-state index contributed by atoms with van der Waals surface area (Å²) in [6.45, 7) is 0. The Morgan fingerprint density at radius 1 is 1.44 bits per heavy atom. The SMILES string of the molecule is COc1ccccc1-c1cc(C(N)=O)no1. The lowest BCUT2D eigenvalue weighted by molar-refractivity contribution is 0.0992. The van der Waals surface area contributed by atoms with Gasteiger partial charge in [0.1, 0.15) is 5.75 Å². The Kier molecular flexibility index (Phi) is 2.59. The molecule has 2 rings (SSSR count). The molecule has 2 aromatic rings. The number of carbonyl (C=O) groups excluding carboxylic acids is 1. The van der Waals surface area contributed by atoms with Crippen LogP contribution in [-0.2, 0) is 0 Å². The van der Waals surface area contributed by atoms with E-state index >= 15 is 0 Å². The van der Waals surface area contributed by atoms with Crippen LogP contribution in [0.2, 0.25) is 0 Å². The number of nitrogens with zero attached hydrogens (tertiary/aromatic N) is 1. The normalized spacial score (nSPS) is 10.1. The number of benzene rings is 1. The fourth-order valence-electron chi connectivity index (χ4n) is 1.37. The highest BCUT2D eigenvalue weighted by molar-refractivity contribution is 5.91. The number of hydrogen-bond acceptors (Lipinski definition) is 4. The number of nitrogens with two attached hydrogens (primary N) is 1. The molecule has 16 heavy (non-hydrogen) atoms. The molecule has 1 aromatic carbocycles. The second kappa shape index (κ2) is 4.06. The lowest BCUT2D eigenvalue weighted by atomic mass is 10.1. The lowest BCUT2D eigenvalue weighted by Crippen LogP contribution is -2.10. The van der Waals surface area contributed by atoms with Crippen molar-refractivity contribution in [3.8, 4) is 17.1 Å². The molecule has 0 fully saturated rings. The van der Waals surface area contributed by atoms with Crippen molar-refractivity contribution in [3.05, 3.63) is 36.0 Å². The maximum absolute atomic E-state index is 10.9. The van der Waals surface area contributed by atoms with Gasteiger partial charge in [-0.25, -0.2) is 0 Å². The minimum Gasteiger partial charge on any atom is -0.496 e. The van der Waals surface area contributed by atoms with Gasteiger partial charge in [0.25, 0.3) is 5.91 Å². The van der Waals surface area contributed by atoms with Crippen molar-refractivity contribution < 1.29 is 14.1 Å². The van der Waals surface area contributed by atoms with E-state index in [1.54, 1.807) is 13.2 Å². The first-order valence-corrected chi connectivity index (χ1v) is 4.62. The predicted octanol–water partition coefficient (Wildman–Crippen LogP) is 1.45. The Labute approximate surface area is 91.8 Å². The number of amides is 1. The monoisotopic (exact) mass is 218 g/mol. The highest BCUT2D eigenvalue weighted by atomic mass is 16.5. The van der Waals surface area contributed by atoms with Crippen LogP contribution < -0.4 is 10.5 Å². The first kappa shape index (κ1) is 10.2. The standard InChI is InChI=1S/C11H10N2O3/c1-15-9-5-3-2-4-7(9)10-6-8(11(12)14)13-16-10/h2-6H,1H3,(H2,12,14). The molecule has 0 spiro atoms. The van der Waals surface area contributed by atoms with Gasteiger partial charge in [0, 0.05) is 6.07 Å². The average Bonchev–Trinajstić information content (AvgIpc) is 2.78. The number of methoxy groups -OCH3 is 1. The fourth-order valence-corrected chi connectivity index (χ4v) is 1.37. The molecule has 0 saturated carbocycles. The van der Waals surface area contributed by atoms with Crippen LogP contribution in [0, 0.1) is 0 Å². The van der Waals surface area contributed by atoms with Gasteiger partial charge < -0.3 is 15.0 Å². The Morgan fingerprint density at radius 3 is 2.81 bits per heavy atom. The van der Waals surface area contributed by atoms with Gasteiger partial charge in [-0.3, -0.25) is 4.79 Å². The molecule has 1 aromatic heterocycles. The van der Waals surface area contributed by atoms with Crippen LogP contribution in [0.3, 0.4) is 0 Å². The van der Waals surface area contributed by atoms with Crippen LogP contribution in [0.5, 0.6) is 5.75 Å². The van der Waals surface area contributed by atoms with E-state index < -0.39 is 5.91 Å². The molecule has 5 heteroatoms. The zero-order chi connectivity index (χ0) is 11.5. The molecule has 0 radical (unpaired) electrons. The van der Waals surface area contributed by atoms with Crippen LogP contribution in [0.15, 0.2) is 34.9 Å². The van der Waals surface area contributed by atoms with Gasteiger partial charge in [-0.05, 0) is 12.1 Å². The molecular weight excluding hydrogens is 208 g/mol. The van der Waals surface area contributed by atoms with Gasteiger partial charge in [0.05, 0.1) is 12.7 Å². The summed E-state index contributed by atoms with van der Waals surface area (Å²) in [5, 5.41) is 3.56. The Hall–Kier alpha value is -2.30. The zero-order valence-electron chi connectivity index (χ0n) is 8.64. The largest absolute Gasteiger partial charge is 0.496 e. The predicted molar refractivity (Wildman–Crippen MR) is 57.0 cm³/mol. The van der Waals surface area contributed by atoms with Crippen molar-refractivity contribution in [2.24, 2.45) is 5.73 Å². The van der Waals surface area contributed by atoms with Gasteiger partial charge in [-0.1, -0.05) is 17.3 Å². The van der Waals surface area contributed by atoms with E-state index in [1.807, 2.05) is 18.2 Å². The molecule has 0 aliphatic heterocycles. The summed E-state index contributed by atoms with van der Waals surface area (Å²) in [7, 11) is 1.56. The van der Waals surface area contributed by atoms with Gasteiger partial charge in [0.2, 0.25) is 0 Å². The molecule has 82 valence electrons. The minimum atomic E-state index is -0.620. The number of ether oxygens (including phenoxy) is 1. The van der Waals surface area contributed by atoms with E-state index in [9.17, 15) is 4.79 Å².